The third kappa shape index (κ3) is 5.17. The van der Waals surface area contributed by atoms with E-state index < -0.39 is 0 Å². The highest BCUT2D eigenvalue weighted by Crippen LogP contribution is 2.17. The van der Waals surface area contributed by atoms with Crippen LogP contribution in [0.3, 0.4) is 0 Å². The number of piperidine rings is 1. The van der Waals surface area contributed by atoms with Crippen LogP contribution in [0.4, 0.5) is 0 Å². The maximum absolute atomic E-state index is 12.3. The van der Waals surface area contributed by atoms with E-state index in [1.165, 1.54) is 12.0 Å². The van der Waals surface area contributed by atoms with Crippen molar-refractivity contribution in [3.8, 4) is 0 Å². The van der Waals surface area contributed by atoms with Crippen LogP contribution in [0.2, 0.25) is 0 Å². The Kier molecular flexibility index (Phi) is 6.78. The molecule has 0 saturated carbocycles. The first-order valence-electron chi connectivity index (χ1n) is 8.68. The van der Waals surface area contributed by atoms with E-state index in [2.05, 4.69) is 12.2 Å². The standard InChI is InChI=1S/C19H28N2O2/c1-3-15-6-8-17(9-7-15)18(22)10-11-19(23)21-12-4-5-16(14-21)13-20-2/h6-9,16,20H,3-5,10-14H2,1-2H3. The molecule has 2 rings (SSSR count). The molecule has 0 spiro atoms. The number of Topliss-reactive ketones (excluding diaryl/α,β-unsaturated/α-hetero) is 1. The summed E-state index contributed by atoms with van der Waals surface area (Å²) in [6, 6.07) is 7.72. The molecule has 1 saturated heterocycles. The van der Waals surface area contributed by atoms with Crippen LogP contribution in [0.25, 0.3) is 0 Å². The van der Waals surface area contributed by atoms with Crippen molar-refractivity contribution in [1.29, 1.82) is 0 Å². The predicted molar refractivity (Wildman–Crippen MR) is 92.6 cm³/mol. The number of hydrogen-bond donors (Lipinski definition) is 1. The second-order valence-electron chi connectivity index (χ2n) is 6.38. The normalized spacial score (nSPS) is 18.0. The number of nitrogens with zero attached hydrogens (tertiary/aromatic N) is 1. The second-order valence-corrected chi connectivity index (χ2v) is 6.38. The fourth-order valence-corrected chi connectivity index (χ4v) is 3.20. The van der Waals surface area contributed by atoms with Crippen molar-refractivity contribution in [2.24, 2.45) is 5.92 Å². The van der Waals surface area contributed by atoms with Crippen molar-refractivity contribution >= 4 is 11.7 Å². The molecule has 23 heavy (non-hydrogen) atoms. The molecule has 0 bridgehead atoms. The first kappa shape index (κ1) is 17.7. The SMILES string of the molecule is CCc1ccc(C(=O)CCC(=O)N2CCCC(CNC)C2)cc1. The van der Waals surface area contributed by atoms with Crippen LogP contribution in [0.1, 0.15) is 48.5 Å². The lowest BCUT2D eigenvalue weighted by Crippen LogP contribution is -2.42. The van der Waals surface area contributed by atoms with E-state index in [4.69, 9.17) is 0 Å². The molecule has 0 radical (unpaired) electrons. The summed E-state index contributed by atoms with van der Waals surface area (Å²) in [6.45, 7) is 4.69. The van der Waals surface area contributed by atoms with Gasteiger partial charge in [0.15, 0.2) is 5.78 Å². The molecule has 1 aromatic carbocycles. The molecule has 0 aromatic heterocycles. The predicted octanol–water partition coefficient (Wildman–Crippen LogP) is 2.67. The lowest BCUT2D eigenvalue weighted by Gasteiger charge is -2.32. The number of aryl methyl sites for hydroxylation is 1. The number of carbonyl (C=O) groups is 2. The number of rotatable bonds is 7. The van der Waals surface area contributed by atoms with Gasteiger partial charge in [0.2, 0.25) is 5.91 Å². The van der Waals surface area contributed by atoms with Gasteiger partial charge in [0, 0.05) is 31.5 Å². The van der Waals surface area contributed by atoms with Crippen LogP contribution < -0.4 is 5.32 Å². The number of amides is 1. The highest BCUT2D eigenvalue weighted by molar-refractivity contribution is 5.98. The Morgan fingerprint density at radius 1 is 1.22 bits per heavy atom. The van der Waals surface area contributed by atoms with Crippen LogP contribution in [0, 0.1) is 5.92 Å². The molecule has 1 unspecified atom stereocenters. The first-order valence-corrected chi connectivity index (χ1v) is 8.68. The summed E-state index contributed by atoms with van der Waals surface area (Å²) < 4.78 is 0. The summed E-state index contributed by atoms with van der Waals surface area (Å²) in [5, 5.41) is 3.19. The zero-order chi connectivity index (χ0) is 16.7. The van der Waals surface area contributed by atoms with Crippen molar-refractivity contribution in [2.75, 3.05) is 26.7 Å². The summed E-state index contributed by atoms with van der Waals surface area (Å²) >= 11 is 0. The van der Waals surface area contributed by atoms with Crippen LogP contribution >= 0.6 is 0 Å². The van der Waals surface area contributed by atoms with Crippen molar-refractivity contribution in [2.45, 2.75) is 39.0 Å². The van der Waals surface area contributed by atoms with E-state index in [0.717, 1.165) is 32.5 Å². The molecule has 1 amide bonds. The lowest BCUT2D eigenvalue weighted by atomic mass is 9.97. The number of likely N-dealkylation sites (tertiary alicyclic amines) is 1. The molecule has 126 valence electrons. The zero-order valence-electron chi connectivity index (χ0n) is 14.3. The van der Waals surface area contributed by atoms with E-state index in [1.807, 2.05) is 36.2 Å². The minimum atomic E-state index is 0.0600. The third-order valence-corrected chi connectivity index (χ3v) is 4.61. The van der Waals surface area contributed by atoms with Gasteiger partial charge in [-0.05, 0) is 44.3 Å². The van der Waals surface area contributed by atoms with Gasteiger partial charge < -0.3 is 10.2 Å². The number of carbonyl (C=O) groups excluding carboxylic acids is 2. The molecule has 4 heteroatoms. The van der Waals surface area contributed by atoms with Gasteiger partial charge in [-0.25, -0.2) is 0 Å². The number of benzene rings is 1. The Hall–Kier alpha value is -1.68. The Bertz CT molecular complexity index is 523. The molecular formula is C19H28N2O2. The molecule has 1 fully saturated rings. The Morgan fingerprint density at radius 3 is 2.61 bits per heavy atom. The molecule has 4 nitrogen and oxygen atoms in total. The topological polar surface area (TPSA) is 49.4 Å². The minimum Gasteiger partial charge on any atom is -0.342 e. The third-order valence-electron chi connectivity index (χ3n) is 4.61. The van der Waals surface area contributed by atoms with Gasteiger partial charge >= 0.3 is 0 Å². The molecular weight excluding hydrogens is 288 g/mol. The average Bonchev–Trinajstić information content (AvgIpc) is 2.60. The zero-order valence-corrected chi connectivity index (χ0v) is 14.3. The van der Waals surface area contributed by atoms with E-state index in [-0.39, 0.29) is 11.7 Å². The highest BCUT2D eigenvalue weighted by atomic mass is 16.2. The maximum Gasteiger partial charge on any atom is 0.223 e. The molecule has 1 aliphatic rings. The summed E-state index contributed by atoms with van der Waals surface area (Å²) in [5.41, 5.74) is 1.93. The quantitative estimate of drug-likeness (QED) is 0.787. The van der Waals surface area contributed by atoms with Crippen LogP contribution in [0.15, 0.2) is 24.3 Å². The summed E-state index contributed by atoms with van der Waals surface area (Å²) in [5.74, 6) is 0.712. The monoisotopic (exact) mass is 316 g/mol. The summed E-state index contributed by atoms with van der Waals surface area (Å²) in [7, 11) is 1.95. The maximum atomic E-state index is 12.3. The van der Waals surface area contributed by atoms with E-state index in [0.29, 0.717) is 24.3 Å². The molecule has 1 aliphatic heterocycles. The van der Waals surface area contributed by atoms with Crippen LogP contribution in [-0.4, -0.2) is 43.3 Å². The largest absolute Gasteiger partial charge is 0.342 e. The first-order chi connectivity index (χ1) is 11.1. The van der Waals surface area contributed by atoms with Crippen LogP contribution in [-0.2, 0) is 11.2 Å². The van der Waals surface area contributed by atoms with Gasteiger partial charge in [-0.3, -0.25) is 9.59 Å². The van der Waals surface area contributed by atoms with Gasteiger partial charge in [-0.1, -0.05) is 31.2 Å². The molecule has 0 aliphatic carbocycles. The average molecular weight is 316 g/mol. The van der Waals surface area contributed by atoms with Crippen LogP contribution in [0.5, 0.6) is 0 Å². The highest BCUT2D eigenvalue weighted by Gasteiger charge is 2.23. The summed E-state index contributed by atoms with van der Waals surface area (Å²) in [4.78, 5) is 26.5. The van der Waals surface area contributed by atoms with Crippen molar-refractivity contribution in [1.82, 2.24) is 10.2 Å². The van der Waals surface area contributed by atoms with Gasteiger partial charge in [0.05, 0.1) is 0 Å². The smallest absolute Gasteiger partial charge is 0.223 e. The van der Waals surface area contributed by atoms with Gasteiger partial charge in [-0.2, -0.15) is 0 Å². The number of nitrogens with one attached hydrogen (secondary N) is 1. The Morgan fingerprint density at radius 2 is 1.96 bits per heavy atom. The van der Waals surface area contributed by atoms with Gasteiger partial charge in [0.25, 0.3) is 0 Å². The molecule has 1 heterocycles. The lowest BCUT2D eigenvalue weighted by molar-refractivity contribution is -0.132. The van der Waals surface area contributed by atoms with E-state index in [1.54, 1.807) is 0 Å². The van der Waals surface area contributed by atoms with Crippen molar-refractivity contribution in [3.63, 3.8) is 0 Å². The van der Waals surface area contributed by atoms with E-state index in [9.17, 15) is 9.59 Å². The summed E-state index contributed by atoms with van der Waals surface area (Å²) in [6.07, 6.45) is 3.83. The molecule has 1 N–H and O–H groups in total. The van der Waals surface area contributed by atoms with Gasteiger partial charge in [-0.15, -0.1) is 0 Å². The molecule has 1 atom stereocenters. The Balaban J connectivity index is 1.82. The minimum absolute atomic E-state index is 0.0600. The van der Waals surface area contributed by atoms with Gasteiger partial charge in [0.1, 0.15) is 0 Å². The van der Waals surface area contributed by atoms with Crippen molar-refractivity contribution in [3.05, 3.63) is 35.4 Å². The Labute approximate surface area is 139 Å². The fraction of sp³-hybridized carbons (Fsp3) is 0.579. The van der Waals surface area contributed by atoms with E-state index >= 15 is 0 Å². The number of ketones is 1. The number of hydrogen-bond acceptors (Lipinski definition) is 3. The fourth-order valence-electron chi connectivity index (χ4n) is 3.20. The molecule has 1 aromatic rings. The second kappa shape index (κ2) is 8.82. The van der Waals surface area contributed by atoms with Crippen molar-refractivity contribution < 1.29 is 9.59 Å².